The number of carbonyl (C=O) groups excluding carboxylic acids is 1. The molecule has 0 radical (unpaired) electrons. The number of benzene rings is 2. The van der Waals surface area contributed by atoms with E-state index in [0.717, 1.165) is 6.26 Å². The molecule has 1 heterocycles. The first-order chi connectivity index (χ1) is 13.8. The number of hydrogen-bond donors (Lipinski definition) is 1. The Labute approximate surface area is 168 Å². The number of hydrogen-bond acceptors (Lipinski definition) is 5. The quantitative estimate of drug-likeness (QED) is 0.640. The zero-order valence-electron chi connectivity index (χ0n) is 15.6. The number of amides is 1. The molecule has 150 valence electrons. The third-order valence-corrected chi connectivity index (χ3v) is 4.81. The summed E-state index contributed by atoms with van der Waals surface area (Å²) in [6, 6.07) is 14.1. The predicted octanol–water partition coefficient (Wildman–Crippen LogP) is 3.49. The zero-order chi connectivity index (χ0) is 20.9. The summed E-state index contributed by atoms with van der Waals surface area (Å²) in [7, 11) is -3.13. The van der Waals surface area contributed by atoms with Crippen LogP contribution in [-0.4, -0.2) is 25.6 Å². The highest BCUT2D eigenvalue weighted by atomic mass is 32.2. The topological polar surface area (TPSA) is 85.4 Å². The van der Waals surface area contributed by atoms with Gasteiger partial charge in [-0.15, -0.1) is 0 Å². The van der Waals surface area contributed by atoms with Crippen LogP contribution < -0.4 is 10.1 Å². The SMILES string of the molecule is CS(=O)(=O)Cc1ccc(C(=O)NCc2ccc(Oc3cccnc3)c(F)c2)cc1. The molecule has 0 saturated carbocycles. The Kier molecular flexibility index (Phi) is 6.23. The number of nitrogens with one attached hydrogen (secondary N) is 1. The van der Waals surface area contributed by atoms with Crippen molar-refractivity contribution in [2.75, 3.05) is 6.26 Å². The highest BCUT2D eigenvalue weighted by Gasteiger charge is 2.10. The van der Waals surface area contributed by atoms with Crippen molar-refractivity contribution in [1.29, 1.82) is 0 Å². The van der Waals surface area contributed by atoms with Gasteiger partial charge in [-0.05, 0) is 47.5 Å². The van der Waals surface area contributed by atoms with Crippen molar-refractivity contribution in [3.63, 3.8) is 0 Å². The molecule has 8 heteroatoms. The molecule has 0 aliphatic rings. The summed E-state index contributed by atoms with van der Waals surface area (Å²) in [5, 5.41) is 2.70. The molecule has 0 aliphatic heterocycles. The molecule has 29 heavy (non-hydrogen) atoms. The summed E-state index contributed by atoms with van der Waals surface area (Å²) in [6.07, 6.45) is 4.23. The molecule has 1 N–H and O–H groups in total. The van der Waals surface area contributed by atoms with Crippen LogP contribution in [0.4, 0.5) is 4.39 Å². The van der Waals surface area contributed by atoms with Crippen LogP contribution in [0.25, 0.3) is 0 Å². The van der Waals surface area contributed by atoms with Crippen molar-refractivity contribution < 1.29 is 22.3 Å². The molecular formula is C21H19FN2O4S. The summed E-state index contributed by atoms with van der Waals surface area (Å²) in [5.74, 6) is -0.485. The van der Waals surface area contributed by atoms with Gasteiger partial charge in [0, 0.05) is 24.6 Å². The molecule has 3 rings (SSSR count). The average Bonchev–Trinajstić information content (AvgIpc) is 2.68. The standard InChI is InChI=1S/C21H19FN2O4S/c1-29(26,27)14-15-4-7-17(8-5-15)21(25)24-12-16-6-9-20(19(22)11-16)28-18-3-2-10-23-13-18/h2-11,13H,12,14H2,1H3,(H,24,25). The van der Waals surface area contributed by atoms with Crippen LogP contribution in [0.15, 0.2) is 67.0 Å². The molecule has 6 nitrogen and oxygen atoms in total. The molecule has 0 fully saturated rings. The van der Waals surface area contributed by atoms with Gasteiger partial charge in [0.1, 0.15) is 5.75 Å². The number of sulfone groups is 1. The summed E-state index contributed by atoms with van der Waals surface area (Å²) >= 11 is 0. The first-order valence-corrected chi connectivity index (χ1v) is 10.8. The van der Waals surface area contributed by atoms with E-state index in [-0.39, 0.29) is 24.0 Å². The fourth-order valence-corrected chi connectivity index (χ4v) is 3.41. The third-order valence-electron chi connectivity index (χ3n) is 3.96. The normalized spacial score (nSPS) is 11.1. The van der Waals surface area contributed by atoms with E-state index in [1.807, 2.05) is 0 Å². The Morgan fingerprint density at radius 3 is 2.45 bits per heavy atom. The lowest BCUT2D eigenvalue weighted by Crippen LogP contribution is -2.22. The molecule has 0 aliphatic carbocycles. The van der Waals surface area contributed by atoms with Crippen molar-refractivity contribution >= 4 is 15.7 Å². The Balaban J connectivity index is 1.59. The van der Waals surface area contributed by atoms with Gasteiger partial charge < -0.3 is 10.1 Å². The van der Waals surface area contributed by atoms with Crippen molar-refractivity contribution in [3.05, 3.63) is 89.5 Å². The predicted molar refractivity (Wildman–Crippen MR) is 107 cm³/mol. The maximum atomic E-state index is 14.3. The fourth-order valence-electron chi connectivity index (χ4n) is 2.61. The van der Waals surface area contributed by atoms with Gasteiger partial charge in [0.2, 0.25) is 0 Å². The zero-order valence-corrected chi connectivity index (χ0v) is 16.4. The summed E-state index contributed by atoms with van der Waals surface area (Å²) in [4.78, 5) is 16.2. The largest absolute Gasteiger partial charge is 0.453 e. The van der Waals surface area contributed by atoms with Crippen LogP contribution in [0.3, 0.4) is 0 Å². The van der Waals surface area contributed by atoms with E-state index in [0.29, 0.717) is 22.4 Å². The fraction of sp³-hybridized carbons (Fsp3) is 0.143. The minimum Gasteiger partial charge on any atom is -0.453 e. The third kappa shape index (κ3) is 6.11. The Morgan fingerprint density at radius 2 is 1.83 bits per heavy atom. The van der Waals surface area contributed by atoms with E-state index >= 15 is 0 Å². The second-order valence-corrected chi connectivity index (χ2v) is 8.65. The van der Waals surface area contributed by atoms with Gasteiger partial charge in [-0.2, -0.15) is 0 Å². The molecule has 1 amide bonds. The van der Waals surface area contributed by atoms with Gasteiger partial charge in [-0.3, -0.25) is 9.78 Å². The van der Waals surface area contributed by atoms with Crippen molar-refractivity contribution in [2.45, 2.75) is 12.3 Å². The van der Waals surface area contributed by atoms with Crippen LogP contribution in [0.2, 0.25) is 0 Å². The summed E-state index contributed by atoms with van der Waals surface area (Å²) in [6.45, 7) is 0.133. The van der Waals surface area contributed by atoms with Gasteiger partial charge in [-0.1, -0.05) is 18.2 Å². The van der Waals surface area contributed by atoms with Crippen LogP contribution >= 0.6 is 0 Å². The maximum absolute atomic E-state index is 14.3. The molecule has 0 saturated heterocycles. The van der Waals surface area contributed by atoms with Gasteiger partial charge >= 0.3 is 0 Å². The van der Waals surface area contributed by atoms with E-state index < -0.39 is 15.7 Å². The average molecular weight is 414 g/mol. The van der Waals surface area contributed by atoms with Crippen molar-refractivity contribution in [3.8, 4) is 11.5 Å². The van der Waals surface area contributed by atoms with Gasteiger partial charge in [0.25, 0.3) is 5.91 Å². The molecule has 0 atom stereocenters. The number of aromatic nitrogens is 1. The monoisotopic (exact) mass is 414 g/mol. The van der Waals surface area contributed by atoms with E-state index in [4.69, 9.17) is 4.74 Å². The molecule has 0 bridgehead atoms. The highest BCUT2D eigenvalue weighted by molar-refractivity contribution is 7.89. The van der Waals surface area contributed by atoms with E-state index in [2.05, 4.69) is 10.3 Å². The summed E-state index contributed by atoms with van der Waals surface area (Å²) < 4.78 is 42.3. The number of halogens is 1. The van der Waals surface area contributed by atoms with Crippen LogP contribution in [0, 0.1) is 5.82 Å². The van der Waals surface area contributed by atoms with Crippen LogP contribution in [0.5, 0.6) is 11.5 Å². The second-order valence-electron chi connectivity index (χ2n) is 6.51. The van der Waals surface area contributed by atoms with E-state index in [1.54, 1.807) is 48.7 Å². The highest BCUT2D eigenvalue weighted by Crippen LogP contribution is 2.24. The van der Waals surface area contributed by atoms with Crippen molar-refractivity contribution in [1.82, 2.24) is 10.3 Å². The molecule has 1 aromatic heterocycles. The van der Waals surface area contributed by atoms with E-state index in [9.17, 15) is 17.6 Å². The number of pyridine rings is 1. The van der Waals surface area contributed by atoms with Gasteiger partial charge in [-0.25, -0.2) is 12.8 Å². The molecular weight excluding hydrogens is 395 g/mol. The Bertz CT molecular complexity index is 1100. The lowest BCUT2D eigenvalue weighted by molar-refractivity contribution is 0.0951. The van der Waals surface area contributed by atoms with Crippen LogP contribution in [-0.2, 0) is 22.1 Å². The van der Waals surface area contributed by atoms with Crippen molar-refractivity contribution in [2.24, 2.45) is 0 Å². The summed E-state index contributed by atoms with van der Waals surface area (Å²) in [5.41, 5.74) is 1.57. The minimum atomic E-state index is -3.13. The van der Waals surface area contributed by atoms with Gasteiger partial charge in [0.15, 0.2) is 21.4 Å². The Morgan fingerprint density at radius 1 is 1.10 bits per heavy atom. The van der Waals surface area contributed by atoms with Crippen LogP contribution in [0.1, 0.15) is 21.5 Å². The first-order valence-electron chi connectivity index (χ1n) is 8.71. The first kappa shape index (κ1) is 20.5. The minimum absolute atomic E-state index is 0.0644. The second kappa shape index (κ2) is 8.83. The lowest BCUT2D eigenvalue weighted by atomic mass is 10.1. The number of rotatable bonds is 7. The van der Waals surface area contributed by atoms with Gasteiger partial charge in [0.05, 0.1) is 11.9 Å². The van der Waals surface area contributed by atoms with E-state index in [1.165, 1.54) is 18.3 Å². The molecule has 0 spiro atoms. The maximum Gasteiger partial charge on any atom is 0.251 e. The smallest absolute Gasteiger partial charge is 0.251 e. The molecule has 2 aromatic carbocycles. The molecule has 0 unspecified atom stereocenters. The number of ether oxygens (including phenoxy) is 1. The Hall–Kier alpha value is -3.26. The molecule has 3 aromatic rings. The lowest BCUT2D eigenvalue weighted by Gasteiger charge is -2.09. The number of carbonyl (C=O) groups is 1. The number of nitrogens with zero attached hydrogens (tertiary/aromatic N) is 1.